The van der Waals surface area contributed by atoms with Crippen LogP contribution in [0.25, 0.3) is 0 Å². The number of nitrogens with one attached hydrogen (secondary N) is 1. The highest BCUT2D eigenvalue weighted by Gasteiger charge is 2.31. The van der Waals surface area contributed by atoms with Crippen LogP contribution >= 0.6 is 12.4 Å². The van der Waals surface area contributed by atoms with E-state index in [1.165, 1.54) is 16.4 Å². The van der Waals surface area contributed by atoms with Gasteiger partial charge in [0.05, 0.1) is 0 Å². The van der Waals surface area contributed by atoms with Crippen LogP contribution in [-0.2, 0) is 10.0 Å². The minimum absolute atomic E-state index is 0. The van der Waals surface area contributed by atoms with Crippen LogP contribution < -0.4 is 5.32 Å². The molecule has 0 amide bonds. The molecule has 0 bridgehead atoms. The Morgan fingerprint density at radius 2 is 1.95 bits per heavy atom. The van der Waals surface area contributed by atoms with Gasteiger partial charge in [0.25, 0.3) is 0 Å². The van der Waals surface area contributed by atoms with Crippen LogP contribution in [0.4, 0.5) is 4.39 Å². The van der Waals surface area contributed by atoms with Crippen LogP contribution in [0.5, 0.6) is 0 Å². The van der Waals surface area contributed by atoms with Crippen molar-refractivity contribution in [3.63, 3.8) is 0 Å². The Balaban J connectivity index is 0.00000242. The van der Waals surface area contributed by atoms with E-state index in [1.807, 2.05) is 0 Å². The molecule has 1 aromatic carbocycles. The van der Waals surface area contributed by atoms with Crippen molar-refractivity contribution in [2.45, 2.75) is 31.6 Å². The van der Waals surface area contributed by atoms with Gasteiger partial charge in [-0.25, -0.2) is 12.8 Å². The van der Waals surface area contributed by atoms with E-state index in [4.69, 9.17) is 0 Å². The molecule has 1 fully saturated rings. The predicted molar refractivity (Wildman–Crippen MR) is 88.4 cm³/mol. The van der Waals surface area contributed by atoms with Crippen LogP contribution in [0.2, 0.25) is 0 Å². The minimum atomic E-state index is -3.72. The molecular formula is C15H24ClFN2O2S. The van der Waals surface area contributed by atoms with Crippen LogP contribution in [0.15, 0.2) is 23.1 Å². The number of nitrogens with zero attached hydrogens (tertiary/aromatic N) is 1. The molecule has 22 heavy (non-hydrogen) atoms. The second-order valence-electron chi connectivity index (χ2n) is 5.59. The molecule has 0 aliphatic carbocycles. The number of rotatable bonds is 5. The Morgan fingerprint density at radius 3 is 2.55 bits per heavy atom. The fraction of sp³-hybridized carbons (Fsp3) is 0.600. The molecule has 0 saturated carbocycles. The van der Waals surface area contributed by atoms with E-state index < -0.39 is 15.8 Å². The van der Waals surface area contributed by atoms with Gasteiger partial charge in [0, 0.05) is 13.1 Å². The van der Waals surface area contributed by atoms with Crippen molar-refractivity contribution in [3.8, 4) is 0 Å². The minimum Gasteiger partial charge on any atom is -0.317 e. The number of halogens is 2. The summed E-state index contributed by atoms with van der Waals surface area (Å²) in [6.07, 6.45) is 1.64. The topological polar surface area (TPSA) is 49.4 Å². The van der Waals surface area contributed by atoms with Gasteiger partial charge in [-0.1, -0.05) is 13.0 Å². The molecule has 7 heteroatoms. The van der Waals surface area contributed by atoms with E-state index in [0.717, 1.165) is 31.5 Å². The summed E-state index contributed by atoms with van der Waals surface area (Å²) >= 11 is 0. The molecule has 1 aromatic rings. The van der Waals surface area contributed by atoms with Crippen LogP contribution in [0.1, 0.15) is 25.3 Å². The lowest BCUT2D eigenvalue weighted by molar-refractivity contribution is 0.268. The van der Waals surface area contributed by atoms with E-state index in [0.29, 0.717) is 19.0 Å². The van der Waals surface area contributed by atoms with Gasteiger partial charge < -0.3 is 5.32 Å². The molecule has 2 rings (SSSR count). The molecule has 0 unspecified atom stereocenters. The quantitative estimate of drug-likeness (QED) is 0.888. The van der Waals surface area contributed by atoms with Gasteiger partial charge in [-0.15, -0.1) is 12.4 Å². The zero-order valence-corrected chi connectivity index (χ0v) is 14.6. The van der Waals surface area contributed by atoms with Gasteiger partial charge in [0.15, 0.2) is 0 Å². The summed E-state index contributed by atoms with van der Waals surface area (Å²) in [5, 5.41) is 3.29. The molecule has 4 nitrogen and oxygen atoms in total. The van der Waals surface area contributed by atoms with E-state index in [9.17, 15) is 12.8 Å². The highest BCUT2D eigenvalue weighted by atomic mass is 35.5. The Morgan fingerprint density at radius 1 is 1.32 bits per heavy atom. The van der Waals surface area contributed by atoms with Gasteiger partial charge in [0.2, 0.25) is 10.0 Å². The monoisotopic (exact) mass is 350 g/mol. The van der Waals surface area contributed by atoms with Crippen molar-refractivity contribution in [2.75, 3.05) is 26.2 Å². The molecule has 1 N–H and O–H groups in total. The summed E-state index contributed by atoms with van der Waals surface area (Å²) in [6, 6.07) is 4.21. The van der Waals surface area contributed by atoms with Crippen molar-refractivity contribution < 1.29 is 12.8 Å². The third-order valence-electron chi connectivity index (χ3n) is 3.96. The number of piperidine rings is 1. The van der Waals surface area contributed by atoms with Crippen molar-refractivity contribution in [1.29, 1.82) is 0 Å². The molecule has 1 saturated heterocycles. The molecule has 0 spiro atoms. The van der Waals surface area contributed by atoms with Crippen LogP contribution in [0.3, 0.4) is 0 Å². The molecule has 1 aliphatic rings. The van der Waals surface area contributed by atoms with Crippen molar-refractivity contribution >= 4 is 22.4 Å². The lowest BCUT2D eigenvalue weighted by Gasteiger charge is -2.31. The van der Waals surface area contributed by atoms with Crippen molar-refractivity contribution in [1.82, 2.24) is 9.62 Å². The summed E-state index contributed by atoms with van der Waals surface area (Å²) in [5.41, 5.74) is 0.747. The Hall–Kier alpha value is -0.690. The van der Waals surface area contributed by atoms with E-state index in [-0.39, 0.29) is 17.3 Å². The van der Waals surface area contributed by atoms with Crippen molar-refractivity contribution in [2.24, 2.45) is 5.92 Å². The zero-order valence-electron chi connectivity index (χ0n) is 13.0. The second kappa shape index (κ2) is 8.24. The highest BCUT2D eigenvalue weighted by Crippen LogP contribution is 2.25. The Labute approximate surface area is 138 Å². The molecule has 0 aromatic heterocycles. The zero-order chi connectivity index (χ0) is 15.5. The van der Waals surface area contributed by atoms with Gasteiger partial charge in [-0.05, 0) is 56.5 Å². The Bertz CT molecular complexity index is 587. The maximum atomic E-state index is 13.8. The van der Waals surface area contributed by atoms with E-state index >= 15 is 0 Å². The maximum Gasteiger partial charge on any atom is 0.245 e. The molecule has 0 atom stereocenters. The first-order valence-electron chi connectivity index (χ1n) is 7.42. The average molecular weight is 351 g/mol. The largest absolute Gasteiger partial charge is 0.317 e. The fourth-order valence-electron chi connectivity index (χ4n) is 2.65. The summed E-state index contributed by atoms with van der Waals surface area (Å²) in [7, 11) is -3.72. The van der Waals surface area contributed by atoms with Gasteiger partial charge in [0.1, 0.15) is 10.7 Å². The second-order valence-corrected chi connectivity index (χ2v) is 7.50. The SMILES string of the molecule is CCNCC1CCN(S(=O)(=O)c2cc(C)ccc2F)CC1.Cl. The van der Waals surface area contributed by atoms with Gasteiger partial charge in [-0.3, -0.25) is 0 Å². The number of hydrogen-bond donors (Lipinski definition) is 1. The standard InChI is InChI=1S/C15H23FN2O2S.ClH/c1-3-17-11-13-6-8-18(9-7-13)21(19,20)15-10-12(2)4-5-14(15)16;/h4-5,10,13,17H,3,6-9,11H2,1-2H3;1H. The summed E-state index contributed by atoms with van der Waals surface area (Å²) in [4.78, 5) is -0.201. The average Bonchev–Trinajstić information content (AvgIpc) is 2.48. The normalized spacial score (nSPS) is 17.2. The molecular weight excluding hydrogens is 327 g/mol. The molecule has 1 aliphatic heterocycles. The third-order valence-corrected chi connectivity index (χ3v) is 5.87. The molecule has 1 heterocycles. The third kappa shape index (κ3) is 4.41. The number of aryl methyl sites for hydroxylation is 1. The Kier molecular flexibility index (Phi) is 7.25. The lowest BCUT2D eigenvalue weighted by Crippen LogP contribution is -2.41. The highest BCUT2D eigenvalue weighted by molar-refractivity contribution is 7.89. The summed E-state index contributed by atoms with van der Waals surface area (Å²) in [5.74, 6) is -0.172. The van der Waals surface area contributed by atoms with E-state index in [1.54, 1.807) is 13.0 Å². The summed E-state index contributed by atoms with van der Waals surface area (Å²) in [6.45, 7) is 6.59. The first kappa shape index (κ1) is 19.4. The number of hydrogen-bond acceptors (Lipinski definition) is 3. The van der Waals surface area contributed by atoms with E-state index in [2.05, 4.69) is 12.2 Å². The number of benzene rings is 1. The fourth-order valence-corrected chi connectivity index (χ4v) is 4.27. The molecule has 126 valence electrons. The first-order valence-corrected chi connectivity index (χ1v) is 8.86. The smallest absolute Gasteiger partial charge is 0.245 e. The van der Waals surface area contributed by atoms with Gasteiger partial charge >= 0.3 is 0 Å². The van der Waals surface area contributed by atoms with Crippen LogP contribution in [0, 0.1) is 18.7 Å². The lowest BCUT2D eigenvalue weighted by atomic mass is 9.98. The number of sulfonamides is 1. The summed E-state index contributed by atoms with van der Waals surface area (Å²) < 4.78 is 40.4. The maximum absolute atomic E-state index is 13.8. The van der Waals surface area contributed by atoms with Crippen LogP contribution in [-0.4, -0.2) is 38.9 Å². The first-order chi connectivity index (χ1) is 9.95. The van der Waals surface area contributed by atoms with Crippen molar-refractivity contribution in [3.05, 3.63) is 29.6 Å². The molecule has 0 radical (unpaired) electrons. The van der Waals surface area contributed by atoms with Gasteiger partial charge in [-0.2, -0.15) is 4.31 Å². The predicted octanol–water partition coefficient (Wildman–Crippen LogP) is 2.57.